The first-order valence-electron chi connectivity index (χ1n) is 10.3. The molecule has 162 valence electrons. The maximum absolute atomic E-state index is 12.5. The second-order valence-electron chi connectivity index (χ2n) is 7.38. The molecule has 1 N–H and O–H groups in total. The Hall–Kier alpha value is -3.58. The Kier molecular flexibility index (Phi) is 6.87. The van der Waals surface area contributed by atoms with Crippen molar-refractivity contribution < 1.29 is 9.53 Å². The van der Waals surface area contributed by atoms with Gasteiger partial charge in [-0.2, -0.15) is 0 Å². The zero-order valence-electron chi connectivity index (χ0n) is 18.0. The predicted molar refractivity (Wildman–Crippen MR) is 127 cm³/mol. The van der Waals surface area contributed by atoms with Crippen molar-refractivity contribution in [3.05, 3.63) is 95.8 Å². The standard InChI is InChI=1S/C25H24N4O2S/c1-18-7-6-10-23(15-18)31-22-13-11-21(12-14-22)26-24(30)17-32-25-28-27-19(2)29(25)16-20-8-4-3-5-9-20/h3-15H,16-17H2,1-2H3,(H,26,30). The summed E-state index contributed by atoms with van der Waals surface area (Å²) in [5.74, 6) is 2.46. The Labute approximate surface area is 191 Å². The summed E-state index contributed by atoms with van der Waals surface area (Å²) in [5, 5.41) is 12.0. The number of rotatable bonds is 8. The number of nitrogens with one attached hydrogen (secondary N) is 1. The minimum absolute atomic E-state index is 0.103. The Morgan fingerprint density at radius 3 is 2.47 bits per heavy atom. The van der Waals surface area contributed by atoms with Gasteiger partial charge in [0.05, 0.1) is 12.3 Å². The number of hydrogen-bond acceptors (Lipinski definition) is 5. The van der Waals surface area contributed by atoms with E-state index in [1.165, 1.54) is 11.8 Å². The molecule has 0 unspecified atom stereocenters. The van der Waals surface area contributed by atoms with E-state index >= 15 is 0 Å². The van der Waals surface area contributed by atoms with Crippen molar-refractivity contribution in [3.8, 4) is 11.5 Å². The third kappa shape index (κ3) is 5.76. The van der Waals surface area contributed by atoms with Crippen LogP contribution in [0.5, 0.6) is 11.5 Å². The molecule has 7 heteroatoms. The van der Waals surface area contributed by atoms with Crippen molar-refractivity contribution in [1.29, 1.82) is 0 Å². The molecule has 0 spiro atoms. The van der Waals surface area contributed by atoms with Crippen LogP contribution in [0.2, 0.25) is 0 Å². The van der Waals surface area contributed by atoms with E-state index in [9.17, 15) is 4.79 Å². The van der Waals surface area contributed by atoms with Crippen molar-refractivity contribution >= 4 is 23.4 Å². The second-order valence-corrected chi connectivity index (χ2v) is 8.32. The van der Waals surface area contributed by atoms with Gasteiger partial charge in [0.25, 0.3) is 0 Å². The Balaban J connectivity index is 1.32. The Morgan fingerprint density at radius 2 is 1.72 bits per heavy atom. The van der Waals surface area contributed by atoms with E-state index in [1.54, 1.807) is 0 Å². The molecule has 0 aliphatic heterocycles. The molecule has 0 fully saturated rings. The Bertz CT molecular complexity index is 1190. The lowest BCUT2D eigenvalue weighted by molar-refractivity contribution is -0.113. The maximum atomic E-state index is 12.5. The molecule has 0 aliphatic carbocycles. The quantitative estimate of drug-likeness (QED) is 0.365. The monoisotopic (exact) mass is 444 g/mol. The first-order valence-corrected chi connectivity index (χ1v) is 11.3. The van der Waals surface area contributed by atoms with Crippen LogP contribution < -0.4 is 10.1 Å². The second kappa shape index (κ2) is 10.2. The fraction of sp³-hybridized carbons (Fsp3) is 0.160. The number of carbonyl (C=O) groups excluding carboxylic acids is 1. The number of ether oxygens (including phenoxy) is 1. The molecule has 0 aliphatic rings. The number of carbonyl (C=O) groups is 1. The lowest BCUT2D eigenvalue weighted by Crippen LogP contribution is -2.14. The van der Waals surface area contributed by atoms with Gasteiger partial charge in [0, 0.05) is 5.69 Å². The van der Waals surface area contributed by atoms with Crippen LogP contribution in [0.15, 0.2) is 84.0 Å². The van der Waals surface area contributed by atoms with E-state index in [-0.39, 0.29) is 11.7 Å². The molecule has 0 bridgehead atoms. The van der Waals surface area contributed by atoms with Crippen molar-refractivity contribution in [3.63, 3.8) is 0 Å². The van der Waals surface area contributed by atoms with Crippen LogP contribution in [-0.2, 0) is 11.3 Å². The van der Waals surface area contributed by atoms with Crippen LogP contribution >= 0.6 is 11.8 Å². The van der Waals surface area contributed by atoms with Gasteiger partial charge in [0.2, 0.25) is 5.91 Å². The third-order valence-electron chi connectivity index (χ3n) is 4.78. The average molecular weight is 445 g/mol. The molecular formula is C25H24N4O2S. The van der Waals surface area contributed by atoms with Crippen LogP contribution in [0.1, 0.15) is 17.0 Å². The van der Waals surface area contributed by atoms with Crippen LogP contribution in [-0.4, -0.2) is 26.4 Å². The van der Waals surface area contributed by atoms with Crippen molar-refractivity contribution in [2.75, 3.05) is 11.1 Å². The number of hydrogen-bond donors (Lipinski definition) is 1. The zero-order valence-corrected chi connectivity index (χ0v) is 18.8. The molecule has 0 radical (unpaired) electrons. The first kappa shape index (κ1) is 21.6. The number of aromatic nitrogens is 3. The van der Waals surface area contributed by atoms with Crippen molar-refractivity contribution in [2.24, 2.45) is 0 Å². The number of aryl methyl sites for hydroxylation is 2. The summed E-state index contributed by atoms with van der Waals surface area (Å²) < 4.78 is 7.87. The minimum Gasteiger partial charge on any atom is -0.457 e. The van der Waals surface area contributed by atoms with Gasteiger partial charge >= 0.3 is 0 Å². The van der Waals surface area contributed by atoms with Crippen LogP contribution in [0.3, 0.4) is 0 Å². The Morgan fingerprint density at radius 1 is 0.938 bits per heavy atom. The van der Waals surface area contributed by atoms with E-state index in [0.717, 1.165) is 27.9 Å². The molecule has 6 nitrogen and oxygen atoms in total. The smallest absolute Gasteiger partial charge is 0.234 e. The summed E-state index contributed by atoms with van der Waals surface area (Å²) in [7, 11) is 0. The molecule has 1 amide bonds. The molecular weight excluding hydrogens is 420 g/mol. The highest BCUT2D eigenvalue weighted by Gasteiger charge is 2.12. The summed E-state index contributed by atoms with van der Waals surface area (Å²) in [6.07, 6.45) is 0. The summed E-state index contributed by atoms with van der Waals surface area (Å²) in [6.45, 7) is 4.61. The predicted octanol–water partition coefficient (Wildman–Crippen LogP) is 5.47. The van der Waals surface area contributed by atoms with E-state index in [4.69, 9.17) is 4.74 Å². The number of benzene rings is 3. The van der Waals surface area contributed by atoms with E-state index in [1.807, 2.05) is 85.1 Å². The SMILES string of the molecule is Cc1cccc(Oc2ccc(NC(=O)CSc3nnc(C)n3Cc3ccccc3)cc2)c1. The van der Waals surface area contributed by atoms with Crippen molar-refractivity contribution in [2.45, 2.75) is 25.5 Å². The molecule has 0 atom stereocenters. The van der Waals surface area contributed by atoms with Gasteiger partial charge in [-0.25, -0.2) is 0 Å². The largest absolute Gasteiger partial charge is 0.457 e. The van der Waals surface area contributed by atoms with E-state index in [0.29, 0.717) is 18.0 Å². The summed E-state index contributed by atoms with van der Waals surface area (Å²) in [5.41, 5.74) is 3.02. The molecule has 0 saturated carbocycles. The molecule has 4 rings (SSSR count). The molecule has 0 saturated heterocycles. The number of thioether (sulfide) groups is 1. The zero-order chi connectivity index (χ0) is 22.3. The van der Waals surface area contributed by atoms with Gasteiger partial charge in [-0.1, -0.05) is 54.2 Å². The van der Waals surface area contributed by atoms with Gasteiger partial charge in [-0.05, 0) is 61.4 Å². The summed E-state index contributed by atoms with van der Waals surface area (Å²) in [4.78, 5) is 12.5. The lowest BCUT2D eigenvalue weighted by atomic mass is 10.2. The van der Waals surface area contributed by atoms with Crippen LogP contribution in [0.25, 0.3) is 0 Å². The van der Waals surface area contributed by atoms with E-state index < -0.39 is 0 Å². The maximum Gasteiger partial charge on any atom is 0.234 e. The van der Waals surface area contributed by atoms with Gasteiger partial charge in [-0.3, -0.25) is 4.79 Å². The topological polar surface area (TPSA) is 69.0 Å². The van der Waals surface area contributed by atoms with Crippen LogP contribution in [0, 0.1) is 13.8 Å². The highest BCUT2D eigenvalue weighted by Crippen LogP contribution is 2.24. The van der Waals surface area contributed by atoms with E-state index in [2.05, 4.69) is 27.6 Å². The van der Waals surface area contributed by atoms with Crippen LogP contribution in [0.4, 0.5) is 5.69 Å². The summed E-state index contributed by atoms with van der Waals surface area (Å²) >= 11 is 1.37. The summed E-state index contributed by atoms with van der Waals surface area (Å²) in [6, 6.07) is 25.3. The highest BCUT2D eigenvalue weighted by molar-refractivity contribution is 7.99. The highest BCUT2D eigenvalue weighted by atomic mass is 32.2. The molecule has 1 aromatic heterocycles. The average Bonchev–Trinajstić information content (AvgIpc) is 3.14. The van der Waals surface area contributed by atoms with Gasteiger partial charge < -0.3 is 14.6 Å². The normalized spacial score (nSPS) is 10.7. The van der Waals surface area contributed by atoms with Gasteiger partial charge in [0.15, 0.2) is 5.16 Å². The first-order chi connectivity index (χ1) is 15.6. The molecule has 1 heterocycles. The van der Waals surface area contributed by atoms with Crippen molar-refractivity contribution in [1.82, 2.24) is 14.8 Å². The number of amides is 1. The fourth-order valence-electron chi connectivity index (χ4n) is 3.16. The van der Waals surface area contributed by atoms with Gasteiger partial charge in [0.1, 0.15) is 17.3 Å². The minimum atomic E-state index is -0.103. The van der Waals surface area contributed by atoms with Gasteiger partial charge in [-0.15, -0.1) is 10.2 Å². The fourth-order valence-corrected chi connectivity index (χ4v) is 3.95. The molecule has 32 heavy (non-hydrogen) atoms. The molecule has 4 aromatic rings. The molecule has 3 aromatic carbocycles. The third-order valence-corrected chi connectivity index (χ3v) is 5.75. The number of nitrogens with zero attached hydrogens (tertiary/aromatic N) is 3. The number of anilines is 1. The lowest BCUT2D eigenvalue weighted by Gasteiger charge is -2.10.